The minimum absolute atomic E-state index is 0.193. The largest absolute Gasteiger partial charge is 0.490 e. The van der Waals surface area contributed by atoms with Crippen LogP contribution in [0.3, 0.4) is 0 Å². The standard InChI is InChI=1S/C26H33NO4/c1-6-12-29-23-11-9-20(14-24(23)30-13-7-2)19(5)27-16-21-15-25(28)31-26-18(4)17(3)8-10-22(21)26/h8-11,14-15,19,27H,6-7,12-13,16H2,1-5H3/p+1/t19-/m1/s1. The molecule has 0 aliphatic rings. The number of fused-ring (bicyclic) bond motifs is 1. The van der Waals surface area contributed by atoms with Crippen molar-refractivity contribution in [2.24, 2.45) is 0 Å². The van der Waals surface area contributed by atoms with Crippen molar-refractivity contribution >= 4 is 11.0 Å². The van der Waals surface area contributed by atoms with Crippen LogP contribution >= 0.6 is 0 Å². The molecule has 1 atom stereocenters. The number of ether oxygens (including phenoxy) is 2. The van der Waals surface area contributed by atoms with Gasteiger partial charge in [0.15, 0.2) is 11.5 Å². The van der Waals surface area contributed by atoms with Gasteiger partial charge in [-0.2, -0.15) is 0 Å². The molecule has 0 saturated heterocycles. The number of rotatable bonds is 10. The van der Waals surface area contributed by atoms with Gasteiger partial charge in [-0.05, 0) is 62.9 Å². The zero-order valence-electron chi connectivity index (χ0n) is 19.3. The number of hydrogen-bond donors (Lipinski definition) is 1. The average Bonchev–Trinajstić information content (AvgIpc) is 2.77. The van der Waals surface area contributed by atoms with Crippen molar-refractivity contribution < 1.29 is 19.2 Å². The lowest BCUT2D eigenvalue weighted by molar-refractivity contribution is -0.707. The Kier molecular flexibility index (Phi) is 7.75. The monoisotopic (exact) mass is 424 g/mol. The summed E-state index contributed by atoms with van der Waals surface area (Å²) >= 11 is 0. The Bertz CT molecular complexity index is 1090. The molecule has 0 spiro atoms. The van der Waals surface area contributed by atoms with E-state index in [0.29, 0.717) is 25.3 Å². The molecule has 5 heteroatoms. The van der Waals surface area contributed by atoms with Gasteiger partial charge in [0, 0.05) is 22.6 Å². The van der Waals surface area contributed by atoms with Crippen LogP contribution in [0.15, 0.2) is 45.6 Å². The summed E-state index contributed by atoms with van der Waals surface area (Å²) in [7, 11) is 0. The molecule has 0 radical (unpaired) electrons. The van der Waals surface area contributed by atoms with Gasteiger partial charge in [0.05, 0.1) is 13.2 Å². The van der Waals surface area contributed by atoms with Crippen molar-refractivity contribution in [3.63, 3.8) is 0 Å². The molecule has 166 valence electrons. The van der Waals surface area contributed by atoms with E-state index in [1.165, 1.54) is 0 Å². The van der Waals surface area contributed by atoms with E-state index in [2.05, 4.69) is 44.3 Å². The highest BCUT2D eigenvalue weighted by Crippen LogP contribution is 2.30. The van der Waals surface area contributed by atoms with Crippen LogP contribution < -0.4 is 20.4 Å². The molecular weight excluding hydrogens is 390 g/mol. The van der Waals surface area contributed by atoms with E-state index < -0.39 is 0 Å². The molecule has 0 aliphatic carbocycles. The second-order valence-electron chi connectivity index (χ2n) is 8.11. The Morgan fingerprint density at radius 1 is 0.968 bits per heavy atom. The van der Waals surface area contributed by atoms with Crippen LogP contribution in [-0.2, 0) is 6.54 Å². The van der Waals surface area contributed by atoms with E-state index in [0.717, 1.165) is 52.0 Å². The molecule has 3 rings (SSSR count). The van der Waals surface area contributed by atoms with E-state index in [1.807, 2.05) is 26.0 Å². The fourth-order valence-electron chi connectivity index (χ4n) is 3.60. The summed E-state index contributed by atoms with van der Waals surface area (Å²) in [5, 5.41) is 3.23. The highest BCUT2D eigenvalue weighted by molar-refractivity contribution is 5.83. The third-order valence-corrected chi connectivity index (χ3v) is 5.63. The van der Waals surface area contributed by atoms with Gasteiger partial charge in [0.25, 0.3) is 0 Å². The van der Waals surface area contributed by atoms with Crippen LogP contribution in [0.25, 0.3) is 11.0 Å². The maximum absolute atomic E-state index is 12.1. The quantitative estimate of drug-likeness (QED) is 0.474. The molecule has 2 aromatic carbocycles. The zero-order chi connectivity index (χ0) is 22.4. The van der Waals surface area contributed by atoms with Crippen LogP contribution in [0.2, 0.25) is 0 Å². The number of quaternary nitrogens is 1. The van der Waals surface area contributed by atoms with E-state index in [9.17, 15) is 4.79 Å². The molecule has 31 heavy (non-hydrogen) atoms. The summed E-state index contributed by atoms with van der Waals surface area (Å²) in [6.07, 6.45) is 1.90. The second-order valence-corrected chi connectivity index (χ2v) is 8.11. The van der Waals surface area contributed by atoms with Crippen molar-refractivity contribution in [3.8, 4) is 11.5 Å². The maximum atomic E-state index is 12.1. The Morgan fingerprint density at radius 3 is 2.39 bits per heavy atom. The molecule has 5 nitrogen and oxygen atoms in total. The Balaban J connectivity index is 1.81. The Hall–Kier alpha value is -2.79. The van der Waals surface area contributed by atoms with Crippen molar-refractivity contribution in [1.29, 1.82) is 0 Å². The first-order chi connectivity index (χ1) is 14.9. The van der Waals surface area contributed by atoms with Crippen LogP contribution in [0.5, 0.6) is 11.5 Å². The first-order valence-corrected chi connectivity index (χ1v) is 11.2. The summed E-state index contributed by atoms with van der Waals surface area (Å²) in [6.45, 7) is 12.4. The summed E-state index contributed by atoms with van der Waals surface area (Å²) in [5.74, 6) is 1.59. The van der Waals surface area contributed by atoms with Crippen LogP contribution in [-0.4, -0.2) is 13.2 Å². The lowest BCUT2D eigenvalue weighted by atomic mass is 10.0. The molecule has 1 aromatic heterocycles. The van der Waals surface area contributed by atoms with E-state index in [1.54, 1.807) is 6.07 Å². The van der Waals surface area contributed by atoms with Gasteiger partial charge in [-0.1, -0.05) is 26.0 Å². The lowest BCUT2D eigenvalue weighted by Gasteiger charge is -2.16. The number of aryl methyl sites for hydroxylation is 2. The van der Waals surface area contributed by atoms with E-state index in [4.69, 9.17) is 13.9 Å². The third kappa shape index (κ3) is 5.47. The summed E-state index contributed by atoms with van der Waals surface area (Å²) in [6, 6.07) is 12.1. The molecule has 1 heterocycles. The maximum Gasteiger partial charge on any atom is 0.336 e. The first-order valence-electron chi connectivity index (χ1n) is 11.2. The van der Waals surface area contributed by atoms with Gasteiger partial charge in [-0.15, -0.1) is 0 Å². The van der Waals surface area contributed by atoms with Crippen molar-refractivity contribution in [1.82, 2.24) is 0 Å². The van der Waals surface area contributed by atoms with Crippen LogP contribution in [0.1, 0.15) is 61.9 Å². The predicted molar refractivity (Wildman–Crippen MR) is 124 cm³/mol. The number of benzene rings is 2. The SMILES string of the molecule is CCCOc1ccc([C@@H](C)[NH2+]Cc2cc(=O)oc3c(C)c(C)ccc23)cc1OCCC. The highest BCUT2D eigenvalue weighted by Gasteiger charge is 2.16. The van der Waals surface area contributed by atoms with Crippen molar-refractivity contribution in [3.05, 3.63) is 69.1 Å². The van der Waals surface area contributed by atoms with Crippen molar-refractivity contribution in [2.75, 3.05) is 13.2 Å². The molecule has 0 unspecified atom stereocenters. The number of nitrogens with two attached hydrogens (primary N) is 1. The van der Waals surface area contributed by atoms with Gasteiger partial charge in [-0.25, -0.2) is 4.79 Å². The first kappa shape index (κ1) is 22.9. The fraction of sp³-hybridized carbons (Fsp3) is 0.423. The summed E-state index contributed by atoms with van der Waals surface area (Å²) in [5.41, 5.74) is 4.68. The topological polar surface area (TPSA) is 65.3 Å². The molecule has 3 aromatic rings. The van der Waals surface area contributed by atoms with Gasteiger partial charge in [0.1, 0.15) is 18.2 Å². The molecule has 0 saturated carbocycles. The molecular formula is C26H34NO4+. The predicted octanol–water partition coefficient (Wildman–Crippen LogP) is 4.81. The van der Waals surface area contributed by atoms with Gasteiger partial charge in [0.2, 0.25) is 0 Å². The molecule has 0 amide bonds. The number of hydrogen-bond acceptors (Lipinski definition) is 4. The van der Waals surface area contributed by atoms with Crippen LogP contribution in [0.4, 0.5) is 0 Å². The summed E-state index contributed by atoms with van der Waals surface area (Å²) in [4.78, 5) is 12.1. The van der Waals surface area contributed by atoms with Crippen LogP contribution in [0, 0.1) is 13.8 Å². The molecule has 0 aliphatic heterocycles. The third-order valence-electron chi connectivity index (χ3n) is 5.63. The lowest BCUT2D eigenvalue weighted by Crippen LogP contribution is -2.83. The smallest absolute Gasteiger partial charge is 0.336 e. The minimum atomic E-state index is -0.301. The summed E-state index contributed by atoms with van der Waals surface area (Å²) < 4.78 is 17.3. The molecule has 0 fully saturated rings. The highest BCUT2D eigenvalue weighted by atomic mass is 16.5. The van der Waals surface area contributed by atoms with Gasteiger partial charge in [-0.3, -0.25) is 0 Å². The average molecular weight is 425 g/mol. The van der Waals surface area contributed by atoms with E-state index >= 15 is 0 Å². The minimum Gasteiger partial charge on any atom is -0.490 e. The Morgan fingerprint density at radius 2 is 1.68 bits per heavy atom. The van der Waals surface area contributed by atoms with Gasteiger partial charge < -0.3 is 19.2 Å². The van der Waals surface area contributed by atoms with Gasteiger partial charge >= 0.3 is 5.63 Å². The van der Waals surface area contributed by atoms with Crippen molar-refractivity contribution in [2.45, 2.75) is 60.0 Å². The fourth-order valence-corrected chi connectivity index (χ4v) is 3.60. The molecule has 0 bridgehead atoms. The Labute approximate surface area is 184 Å². The molecule has 2 N–H and O–H groups in total. The van der Waals surface area contributed by atoms with E-state index in [-0.39, 0.29) is 11.7 Å². The zero-order valence-corrected chi connectivity index (χ0v) is 19.3. The second kappa shape index (κ2) is 10.5. The normalized spacial score (nSPS) is 12.2.